The summed E-state index contributed by atoms with van der Waals surface area (Å²) in [5.74, 6) is 0.483. The highest BCUT2D eigenvalue weighted by atomic mass is 16.5. The molecule has 4 aromatic carbocycles. The molecule has 204 valence electrons. The molecule has 5 heteroatoms. The van der Waals surface area contributed by atoms with Crippen molar-refractivity contribution in [3.63, 3.8) is 0 Å². The van der Waals surface area contributed by atoms with Gasteiger partial charge in [0.1, 0.15) is 11.5 Å². The van der Waals surface area contributed by atoms with E-state index in [9.17, 15) is 9.59 Å². The summed E-state index contributed by atoms with van der Waals surface area (Å²) < 4.78 is 15.9. The van der Waals surface area contributed by atoms with Crippen LogP contribution in [0.2, 0.25) is 0 Å². The lowest BCUT2D eigenvalue weighted by atomic mass is 10.0. The van der Waals surface area contributed by atoms with Crippen LogP contribution in [0, 0.1) is 0 Å². The molecule has 5 nitrogen and oxygen atoms in total. The first kappa shape index (κ1) is 28.4. The fourth-order valence-corrected chi connectivity index (χ4v) is 4.21. The van der Waals surface area contributed by atoms with Crippen molar-refractivity contribution in [1.82, 2.24) is 0 Å². The Bertz CT molecular complexity index is 1370. The first-order valence-corrected chi connectivity index (χ1v) is 13.6. The molecule has 0 saturated carbocycles. The molecule has 0 atom stereocenters. The summed E-state index contributed by atoms with van der Waals surface area (Å²) in [5.41, 5.74) is 4.91. The zero-order valence-electron chi connectivity index (χ0n) is 22.8. The van der Waals surface area contributed by atoms with E-state index in [-0.39, 0.29) is 5.97 Å². The molecular weight excluding hydrogens is 500 g/mol. The average molecular weight is 535 g/mol. The van der Waals surface area contributed by atoms with Crippen molar-refractivity contribution in [3.8, 4) is 22.6 Å². The summed E-state index contributed by atoms with van der Waals surface area (Å²) >= 11 is 0. The molecule has 4 aromatic rings. The Kier molecular flexibility index (Phi) is 10.7. The molecular formula is C35H34O5. The summed E-state index contributed by atoms with van der Waals surface area (Å²) in [7, 11) is 1.59. The predicted octanol–water partition coefficient (Wildman–Crippen LogP) is 7.94. The summed E-state index contributed by atoms with van der Waals surface area (Å²) in [4.78, 5) is 24.3. The molecule has 0 aliphatic rings. The number of unbranched alkanes of at least 4 members (excludes halogenated alkanes) is 3. The van der Waals surface area contributed by atoms with E-state index >= 15 is 0 Å². The number of hydrogen-bond acceptors (Lipinski definition) is 5. The van der Waals surface area contributed by atoms with E-state index in [0.29, 0.717) is 23.7 Å². The number of hydrogen-bond donors (Lipinski definition) is 0. The van der Waals surface area contributed by atoms with Crippen LogP contribution < -0.4 is 9.47 Å². The van der Waals surface area contributed by atoms with Crippen LogP contribution in [0.15, 0.2) is 109 Å². The highest BCUT2D eigenvalue weighted by Crippen LogP contribution is 2.23. The molecule has 0 N–H and O–H groups in total. The molecule has 0 saturated heterocycles. The molecule has 0 aliphatic heterocycles. The van der Waals surface area contributed by atoms with Gasteiger partial charge in [0.2, 0.25) is 0 Å². The van der Waals surface area contributed by atoms with Crippen LogP contribution in [0.3, 0.4) is 0 Å². The van der Waals surface area contributed by atoms with Crippen LogP contribution >= 0.6 is 0 Å². The van der Waals surface area contributed by atoms with Crippen LogP contribution in [0.4, 0.5) is 0 Å². The molecule has 0 fully saturated rings. The molecule has 0 heterocycles. The van der Waals surface area contributed by atoms with E-state index in [2.05, 4.69) is 24.3 Å². The molecule has 40 heavy (non-hydrogen) atoms. The van der Waals surface area contributed by atoms with E-state index in [1.807, 2.05) is 42.5 Å². The lowest BCUT2D eigenvalue weighted by Crippen LogP contribution is -2.08. The summed E-state index contributed by atoms with van der Waals surface area (Å²) in [6.07, 6.45) is 8.33. The van der Waals surface area contributed by atoms with Gasteiger partial charge in [0.05, 0.1) is 19.3 Å². The van der Waals surface area contributed by atoms with Gasteiger partial charge in [-0.05, 0) is 84.0 Å². The van der Waals surface area contributed by atoms with Crippen LogP contribution in [0.5, 0.6) is 11.5 Å². The molecule has 0 radical (unpaired) electrons. The van der Waals surface area contributed by atoms with Crippen LogP contribution in [0.1, 0.15) is 47.2 Å². The number of esters is 2. The molecule has 4 rings (SSSR count). The Morgan fingerprint density at radius 2 is 1.30 bits per heavy atom. The van der Waals surface area contributed by atoms with Crippen molar-refractivity contribution in [2.45, 2.75) is 32.1 Å². The number of ether oxygens (including phenoxy) is 3. The maximum absolute atomic E-state index is 12.5. The molecule has 0 aromatic heterocycles. The second-order valence-electron chi connectivity index (χ2n) is 9.42. The molecule has 0 bridgehead atoms. The van der Waals surface area contributed by atoms with Gasteiger partial charge in [-0.25, -0.2) is 9.59 Å². The maximum atomic E-state index is 12.5. The first-order chi connectivity index (χ1) is 19.6. The standard InChI is InChI=1S/C35H34O5/c1-38-32-21-23-33(24-22-32)40-35(37)31-19-17-30(18-20-31)29-15-12-28(13-16-29)11-5-2-3-8-26-39-34(36)25-14-27-9-6-4-7-10-27/h4,6-7,9-10,12-25H,2-3,5,8,11,26H2,1H3/b25-14+. The van der Waals surface area contributed by atoms with E-state index in [0.717, 1.165) is 48.8 Å². The summed E-state index contributed by atoms with van der Waals surface area (Å²) in [6, 6.07) is 32.6. The summed E-state index contributed by atoms with van der Waals surface area (Å²) in [6.45, 7) is 0.449. The Morgan fingerprint density at radius 3 is 1.98 bits per heavy atom. The Morgan fingerprint density at radius 1 is 0.675 bits per heavy atom. The van der Waals surface area contributed by atoms with Crippen molar-refractivity contribution in [2.24, 2.45) is 0 Å². The average Bonchev–Trinajstić information content (AvgIpc) is 3.01. The minimum Gasteiger partial charge on any atom is -0.497 e. The van der Waals surface area contributed by atoms with Crippen molar-refractivity contribution in [1.29, 1.82) is 0 Å². The Balaban J connectivity index is 1.13. The van der Waals surface area contributed by atoms with E-state index in [1.165, 1.54) is 11.6 Å². The predicted molar refractivity (Wildman–Crippen MR) is 158 cm³/mol. The number of methoxy groups -OCH3 is 1. The number of rotatable bonds is 13. The van der Waals surface area contributed by atoms with Gasteiger partial charge in [0, 0.05) is 6.08 Å². The second-order valence-corrected chi connectivity index (χ2v) is 9.42. The minimum absolute atomic E-state index is 0.299. The second kappa shape index (κ2) is 15.1. The number of carbonyl (C=O) groups is 2. The summed E-state index contributed by atoms with van der Waals surface area (Å²) in [5, 5.41) is 0. The Hall–Kier alpha value is -4.64. The molecule has 0 aliphatic carbocycles. The fraction of sp³-hybridized carbons (Fsp3) is 0.200. The lowest BCUT2D eigenvalue weighted by Gasteiger charge is -2.08. The maximum Gasteiger partial charge on any atom is 0.343 e. The van der Waals surface area contributed by atoms with Gasteiger partial charge in [-0.3, -0.25) is 0 Å². The zero-order chi connectivity index (χ0) is 28.0. The van der Waals surface area contributed by atoms with Crippen molar-refractivity contribution in [2.75, 3.05) is 13.7 Å². The molecule has 0 amide bonds. The first-order valence-electron chi connectivity index (χ1n) is 13.6. The van der Waals surface area contributed by atoms with Crippen LogP contribution in [-0.4, -0.2) is 25.7 Å². The van der Waals surface area contributed by atoms with Crippen molar-refractivity contribution >= 4 is 18.0 Å². The Labute approximate surface area is 236 Å². The van der Waals surface area contributed by atoms with Gasteiger partial charge in [0.25, 0.3) is 0 Å². The SMILES string of the molecule is COc1ccc(OC(=O)c2ccc(-c3ccc(CCCCCCOC(=O)/C=C/c4ccccc4)cc3)cc2)cc1. The van der Waals surface area contributed by atoms with Crippen molar-refractivity contribution < 1.29 is 23.8 Å². The van der Waals surface area contributed by atoms with Crippen LogP contribution in [0.25, 0.3) is 17.2 Å². The van der Waals surface area contributed by atoms with Crippen LogP contribution in [-0.2, 0) is 16.0 Å². The topological polar surface area (TPSA) is 61.8 Å². The zero-order valence-corrected chi connectivity index (χ0v) is 22.8. The highest BCUT2D eigenvalue weighted by Gasteiger charge is 2.09. The third kappa shape index (κ3) is 8.98. The number of benzene rings is 4. The third-order valence-corrected chi connectivity index (χ3v) is 6.49. The van der Waals surface area contributed by atoms with Gasteiger partial charge in [-0.2, -0.15) is 0 Å². The normalized spacial score (nSPS) is 10.8. The molecule has 0 spiro atoms. The quantitative estimate of drug-likeness (QED) is 0.0754. The number of carbonyl (C=O) groups excluding carboxylic acids is 2. The number of aryl methyl sites for hydroxylation is 1. The van der Waals surface area contributed by atoms with Crippen molar-refractivity contribution in [3.05, 3.63) is 126 Å². The smallest absolute Gasteiger partial charge is 0.343 e. The van der Waals surface area contributed by atoms with Gasteiger partial charge in [0.15, 0.2) is 0 Å². The third-order valence-electron chi connectivity index (χ3n) is 6.49. The highest BCUT2D eigenvalue weighted by molar-refractivity contribution is 5.91. The van der Waals surface area contributed by atoms with Gasteiger partial charge in [-0.1, -0.05) is 79.6 Å². The largest absolute Gasteiger partial charge is 0.497 e. The van der Waals surface area contributed by atoms with Gasteiger partial charge in [-0.15, -0.1) is 0 Å². The fourth-order valence-electron chi connectivity index (χ4n) is 4.21. The molecule has 0 unspecified atom stereocenters. The van der Waals surface area contributed by atoms with Gasteiger partial charge < -0.3 is 14.2 Å². The lowest BCUT2D eigenvalue weighted by molar-refractivity contribution is -0.137. The minimum atomic E-state index is -0.398. The van der Waals surface area contributed by atoms with E-state index in [4.69, 9.17) is 14.2 Å². The van der Waals surface area contributed by atoms with E-state index < -0.39 is 5.97 Å². The van der Waals surface area contributed by atoms with E-state index in [1.54, 1.807) is 49.6 Å². The monoisotopic (exact) mass is 534 g/mol. The van der Waals surface area contributed by atoms with Gasteiger partial charge >= 0.3 is 11.9 Å².